The number of urea groups is 1. The molecule has 0 saturated carbocycles. The molecule has 1 aromatic carbocycles. The van der Waals surface area contributed by atoms with E-state index in [0.717, 1.165) is 24.8 Å². The second kappa shape index (κ2) is 6.93. The first-order valence-electron chi connectivity index (χ1n) is 6.96. The van der Waals surface area contributed by atoms with Crippen LogP contribution < -0.4 is 11.1 Å². The van der Waals surface area contributed by atoms with Crippen molar-refractivity contribution in [2.75, 3.05) is 13.2 Å². The Balaban J connectivity index is 1.83. The van der Waals surface area contributed by atoms with Gasteiger partial charge in [0.25, 0.3) is 0 Å². The minimum absolute atomic E-state index is 0.149. The molecule has 20 heavy (non-hydrogen) atoms. The van der Waals surface area contributed by atoms with E-state index in [1.54, 1.807) is 0 Å². The molecule has 1 atom stereocenters. The van der Waals surface area contributed by atoms with Gasteiger partial charge in [0, 0.05) is 6.54 Å². The highest BCUT2D eigenvalue weighted by Crippen LogP contribution is 2.32. The molecule has 0 spiro atoms. The third kappa shape index (κ3) is 3.73. The Hall–Kier alpha value is -2.04. The quantitative estimate of drug-likeness (QED) is 0.634. The number of amides is 2. The molecule has 1 aliphatic rings. The second-order valence-corrected chi connectivity index (χ2v) is 4.96. The zero-order chi connectivity index (χ0) is 14.4. The first kappa shape index (κ1) is 14.4. The van der Waals surface area contributed by atoms with E-state index in [4.69, 9.17) is 10.5 Å². The van der Waals surface area contributed by atoms with Crippen LogP contribution in [0.4, 0.5) is 4.79 Å². The molecular formula is C15H20N2O3. The van der Waals surface area contributed by atoms with Gasteiger partial charge in [-0.3, -0.25) is 4.79 Å². The molecule has 5 nitrogen and oxygen atoms in total. The molecule has 108 valence electrons. The molecule has 0 bridgehead atoms. The van der Waals surface area contributed by atoms with Crippen molar-refractivity contribution in [2.24, 2.45) is 5.73 Å². The SMILES string of the molecule is NC(=O)NCCCOC(=O)[C@H]1CCCc2ccccc21. The molecule has 0 saturated heterocycles. The number of carbonyl (C=O) groups is 2. The maximum absolute atomic E-state index is 12.1. The number of nitrogens with one attached hydrogen (secondary N) is 1. The summed E-state index contributed by atoms with van der Waals surface area (Å²) in [6.07, 6.45) is 3.46. The van der Waals surface area contributed by atoms with Crippen LogP contribution in [0.1, 0.15) is 36.3 Å². The van der Waals surface area contributed by atoms with Crippen LogP contribution in [-0.2, 0) is 16.0 Å². The van der Waals surface area contributed by atoms with E-state index in [1.807, 2.05) is 18.2 Å². The number of ether oxygens (including phenoxy) is 1. The first-order chi connectivity index (χ1) is 9.68. The van der Waals surface area contributed by atoms with Crippen LogP contribution in [0.5, 0.6) is 0 Å². The van der Waals surface area contributed by atoms with E-state index >= 15 is 0 Å². The van der Waals surface area contributed by atoms with Crippen LogP contribution in [0.2, 0.25) is 0 Å². The molecule has 0 fully saturated rings. The maximum atomic E-state index is 12.1. The van der Waals surface area contributed by atoms with Crippen LogP contribution >= 0.6 is 0 Å². The molecule has 2 rings (SSSR count). The average Bonchev–Trinajstić information content (AvgIpc) is 2.45. The lowest BCUT2D eigenvalue weighted by Crippen LogP contribution is -2.31. The van der Waals surface area contributed by atoms with E-state index in [0.29, 0.717) is 19.6 Å². The van der Waals surface area contributed by atoms with Crippen molar-refractivity contribution in [3.63, 3.8) is 0 Å². The highest BCUT2D eigenvalue weighted by Gasteiger charge is 2.27. The molecule has 1 aliphatic carbocycles. The summed E-state index contributed by atoms with van der Waals surface area (Å²) in [4.78, 5) is 22.6. The standard InChI is InChI=1S/C15H20N2O3/c16-15(19)17-9-4-10-20-14(18)13-8-3-6-11-5-1-2-7-12(11)13/h1-2,5,7,13H,3-4,6,8-10H2,(H3,16,17,19)/t13-/m0/s1. The van der Waals surface area contributed by atoms with Gasteiger partial charge >= 0.3 is 12.0 Å². The Kier molecular flexibility index (Phi) is 4.98. The molecule has 0 radical (unpaired) electrons. The summed E-state index contributed by atoms with van der Waals surface area (Å²) in [7, 11) is 0. The summed E-state index contributed by atoms with van der Waals surface area (Å²) in [6.45, 7) is 0.724. The van der Waals surface area contributed by atoms with Crippen molar-refractivity contribution in [3.05, 3.63) is 35.4 Å². The Morgan fingerprint density at radius 1 is 1.35 bits per heavy atom. The van der Waals surface area contributed by atoms with Gasteiger partial charge in [-0.25, -0.2) is 4.79 Å². The number of primary amides is 1. The third-order valence-corrected chi connectivity index (χ3v) is 3.52. The van der Waals surface area contributed by atoms with Crippen LogP contribution in [-0.4, -0.2) is 25.2 Å². The number of hydrogen-bond acceptors (Lipinski definition) is 3. The number of nitrogens with two attached hydrogens (primary N) is 1. The largest absolute Gasteiger partial charge is 0.465 e. The molecule has 0 unspecified atom stereocenters. The van der Waals surface area contributed by atoms with Crippen molar-refractivity contribution in [3.8, 4) is 0 Å². The Labute approximate surface area is 118 Å². The number of benzene rings is 1. The number of fused-ring (bicyclic) bond motifs is 1. The van der Waals surface area contributed by atoms with E-state index in [2.05, 4.69) is 11.4 Å². The zero-order valence-electron chi connectivity index (χ0n) is 11.4. The molecule has 1 aromatic rings. The predicted octanol–water partition coefficient (Wildman–Crippen LogP) is 1.71. The monoisotopic (exact) mass is 276 g/mol. The summed E-state index contributed by atoms with van der Waals surface area (Å²) < 4.78 is 5.29. The number of hydrogen-bond donors (Lipinski definition) is 2. The number of rotatable bonds is 5. The Bertz CT molecular complexity index is 488. The van der Waals surface area contributed by atoms with Crippen LogP contribution in [0.25, 0.3) is 0 Å². The van der Waals surface area contributed by atoms with Gasteiger partial charge in [-0.1, -0.05) is 24.3 Å². The van der Waals surface area contributed by atoms with Gasteiger partial charge in [0.1, 0.15) is 0 Å². The van der Waals surface area contributed by atoms with Crippen LogP contribution in [0, 0.1) is 0 Å². The van der Waals surface area contributed by atoms with E-state index in [1.165, 1.54) is 5.56 Å². The minimum Gasteiger partial charge on any atom is -0.465 e. The lowest BCUT2D eigenvalue weighted by Gasteiger charge is -2.23. The topological polar surface area (TPSA) is 81.4 Å². The molecule has 0 aliphatic heterocycles. The van der Waals surface area contributed by atoms with Crippen molar-refractivity contribution in [1.82, 2.24) is 5.32 Å². The van der Waals surface area contributed by atoms with Crippen molar-refractivity contribution in [2.45, 2.75) is 31.6 Å². The van der Waals surface area contributed by atoms with Gasteiger partial charge in [0.15, 0.2) is 0 Å². The summed E-state index contributed by atoms with van der Waals surface area (Å²) in [5.74, 6) is -0.319. The molecule has 2 amide bonds. The van der Waals surface area contributed by atoms with Gasteiger partial charge in [0.05, 0.1) is 12.5 Å². The lowest BCUT2D eigenvalue weighted by atomic mass is 9.83. The Morgan fingerprint density at radius 3 is 2.95 bits per heavy atom. The predicted molar refractivity (Wildman–Crippen MR) is 75.3 cm³/mol. The van der Waals surface area contributed by atoms with Crippen molar-refractivity contribution >= 4 is 12.0 Å². The number of carbonyl (C=O) groups excluding carboxylic acids is 2. The fraction of sp³-hybridized carbons (Fsp3) is 0.467. The highest BCUT2D eigenvalue weighted by molar-refractivity contribution is 5.79. The molecular weight excluding hydrogens is 256 g/mol. The number of aryl methyl sites for hydroxylation is 1. The fourth-order valence-electron chi connectivity index (χ4n) is 2.56. The van der Waals surface area contributed by atoms with Gasteiger partial charge in [0.2, 0.25) is 0 Å². The maximum Gasteiger partial charge on any atom is 0.313 e. The van der Waals surface area contributed by atoms with E-state index < -0.39 is 6.03 Å². The Morgan fingerprint density at radius 2 is 2.15 bits per heavy atom. The van der Waals surface area contributed by atoms with Crippen molar-refractivity contribution < 1.29 is 14.3 Å². The normalized spacial score (nSPS) is 17.1. The fourth-order valence-corrected chi connectivity index (χ4v) is 2.56. The van der Waals surface area contributed by atoms with Gasteiger partial charge < -0.3 is 15.8 Å². The molecule has 0 aromatic heterocycles. The lowest BCUT2D eigenvalue weighted by molar-refractivity contribution is -0.145. The smallest absolute Gasteiger partial charge is 0.313 e. The van der Waals surface area contributed by atoms with Crippen molar-refractivity contribution in [1.29, 1.82) is 0 Å². The average molecular weight is 276 g/mol. The number of esters is 1. The third-order valence-electron chi connectivity index (χ3n) is 3.52. The molecule has 5 heteroatoms. The highest BCUT2D eigenvalue weighted by atomic mass is 16.5. The summed E-state index contributed by atoms with van der Waals surface area (Å²) >= 11 is 0. The second-order valence-electron chi connectivity index (χ2n) is 4.96. The van der Waals surface area contributed by atoms with Gasteiger partial charge in [-0.05, 0) is 36.8 Å². The summed E-state index contributed by atoms with van der Waals surface area (Å²) in [5, 5.41) is 2.46. The van der Waals surface area contributed by atoms with Crippen LogP contribution in [0.3, 0.4) is 0 Å². The minimum atomic E-state index is -0.558. The first-order valence-corrected chi connectivity index (χ1v) is 6.96. The summed E-state index contributed by atoms with van der Waals surface area (Å²) in [6, 6.07) is 7.49. The zero-order valence-corrected chi connectivity index (χ0v) is 11.4. The molecule has 0 heterocycles. The van der Waals surface area contributed by atoms with Crippen LogP contribution in [0.15, 0.2) is 24.3 Å². The molecule has 3 N–H and O–H groups in total. The van der Waals surface area contributed by atoms with E-state index in [9.17, 15) is 9.59 Å². The van der Waals surface area contributed by atoms with Gasteiger partial charge in [-0.2, -0.15) is 0 Å². The van der Waals surface area contributed by atoms with Gasteiger partial charge in [-0.15, -0.1) is 0 Å². The van der Waals surface area contributed by atoms with E-state index in [-0.39, 0.29) is 11.9 Å². The summed E-state index contributed by atoms with van der Waals surface area (Å²) in [5.41, 5.74) is 7.29.